The number of aliphatic carboxylic acids is 1. The molecule has 0 amide bonds. The molecule has 36 nitrogen and oxygen atoms in total. The number of para-hydroxylation sites is 3. The van der Waals surface area contributed by atoms with Crippen LogP contribution in [-0.4, -0.2) is 122 Å². The van der Waals surface area contributed by atoms with Crippen molar-refractivity contribution >= 4 is 193 Å². The molecular weight excluding hydrogens is 1630 g/mol. The first-order valence-electron chi connectivity index (χ1n) is 34.3. The Labute approximate surface area is 673 Å². The van der Waals surface area contributed by atoms with Crippen LogP contribution in [0.3, 0.4) is 0 Å². The summed E-state index contributed by atoms with van der Waals surface area (Å²) in [6.45, 7) is 2.41. The van der Waals surface area contributed by atoms with E-state index in [0.29, 0.717) is 72.6 Å². The second kappa shape index (κ2) is 34.0. The highest BCUT2D eigenvalue weighted by Gasteiger charge is 2.21. The fourth-order valence-corrected chi connectivity index (χ4v) is 16.6. The Morgan fingerprint density at radius 2 is 0.845 bits per heavy atom. The van der Waals surface area contributed by atoms with Crippen molar-refractivity contribution in [2.75, 3.05) is 50.7 Å². The Balaban J connectivity index is 0.000000128. The van der Waals surface area contributed by atoms with Crippen LogP contribution in [0, 0.1) is 5.82 Å². The zero-order chi connectivity index (χ0) is 81.4. The zero-order valence-corrected chi connectivity index (χ0v) is 65.8. The van der Waals surface area contributed by atoms with Crippen molar-refractivity contribution in [1.29, 1.82) is 0 Å². The SMILES string of the molecule is CCCCNS(=O)(=O)c1cccc(Nc2nc(N)n(-c3nc4ccccc4s3)n2)c1.Nc1nc(Nc2ccc(S(N)(=O)=O)cc2)nn1-c1nc2cc(F)ccc2s1.Nc1nc(Nc2ccc(S(N)(=O)=O)cc2)nn1-c1nc2ccc(Oc3ccccc3)cc2s1.Nc1nc(Nc2cccc(CC(=O)O)c2)nn1-c1nc2ccccc2s1. The van der Waals surface area contributed by atoms with Gasteiger partial charge in [0.25, 0.3) is 0 Å². The second-order valence-corrected chi connectivity index (χ2v) is 33.5. The third-order valence-electron chi connectivity index (χ3n) is 16.1. The summed E-state index contributed by atoms with van der Waals surface area (Å²) in [5.41, 5.74) is 30.0. The van der Waals surface area contributed by atoms with Crippen molar-refractivity contribution in [1.82, 2.24) is 83.7 Å². The van der Waals surface area contributed by atoms with Crippen LogP contribution in [0.1, 0.15) is 25.3 Å². The highest BCUT2D eigenvalue weighted by Crippen LogP contribution is 2.35. The zero-order valence-electron chi connectivity index (χ0n) is 60.1. The van der Waals surface area contributed by atoms with E-state index >= 15 is 0 Å². The van der Waals surface area contributed by atoms with E-state index in [1.165, 1.54) is 119 Å². The summed E-state index contributed by atoms with van der Waals surface area (Å²) in [5.74, 6) is 1.82. The number of ether oxygens (including phenoxy) is 1. The van der Waals surface area contributed by atoms with Gasteiger partial charge in [-0.25, -0.2) is 64.6 Å². The van der Waals surface area contributed by atoms with Gasteiger partial charge in [-0.05, 0) is 152 Å². The molecule has 0 fully saturated rings. The number of aromatic nitrogens is 16. The van der Waals surface area contributed by atoms with Crippen LogP contribution < -0.4 is 63.9 Å². The number of nitrogens with two attached hydrogens (primary N) is 6. The van der Waals surface area contributed by atoms with Gasteiger partial charge in [-0.3, -0.25) is 4.79 Å². The number of hydrogen-bond donors (Lipinski definition) is 12. The van der Waals surface area contributed by atoms with Gasteiger partial charge in [-0.1, -0.05) is 119 Å². The van der Waals surface area contributed by atoms with Crippen LogP contribution in [0.25, 0.3) is 61.4 Å². The number of carboxylic acids is 1. The topological polar surface area (TPSA) is 540 Å². The first-order valence-corrected chi connectivity index (χ1v) is 42.1. The number of nitrogens with zero attached hydrogens (tertiary/aromatic N) is 16. The molecule has 116 heavy (non-hydrogen) atoms. The van der Waals surface area contributed by atoms with Gasteiger partial charge in [-0.2, -0.15) is 38.7 Å². The predicted octanol–water partition coefficient (Wildman–Crippen LogP) is 11.7. The van der Waals surface area contributed by atoms with Crippen molar-refractivity contribution in [2.45, 2.75) is 40.9 Å². The molecule has 0 spiro atoms. The van der Waals surface area contributed by atoms with Gasteiger partial charge < -0.3 is 54.0 Å². The molecule has 0 saturated carbocycles. The first-order chi connectivity index (χ1) is 55.7. The third-order valence-corrected chi connectivity index (χ3v) is 23.5. The molecular formula is C72H64FN27O9S7. The number of primary sulfonamides is 2. The number of unbranched alkanes of at least 4 members (excludes halogenated alkanes) is 1. The smallest absolute Gasteiger partial charge is 0.307 e. The van der Waals surface area contributed by atoms with E-state index in [0.717, 1.165) is 53.9 Å². The molecule has 0 atom stereocenters. The Kier molecular flexibility index (Phi) is 23.2. The second-order valence-electron chi connectivity index (χ2n) is 24.6. The Morgan fingerprint density at radius 1 is 0.422 bits per heavy atom. The van der Waals surface area contributed by atoms with Crippen LogP contribution in [0.4, 0.5) is 74.7 Å². The van der Waals surface area contributed by atoms with E-state index in [4.69, 9.17) is 43.1 Å². The molecule has 0 aliphatic carbocycles. The standard InChI is InChI=1S/C21H17N7O3S2.C19H21N7O2S2.C17H14N6O2S.C15H12FN7O2S2/c22-19-26-20(24-13-6-9-16(10-7-13)33(23,29)30)27-28(19)21-25-17-11-8-15(12-18(17)32-21)31-14-4-2-1-3-5-14;1-2-3-11-21-30(27,28)14-8-6-7-13(12-14)22-18-24-17(20)26(25-18)19-23-15-9-4-5-10-16(15)29-19;18-15-21-16(19-11-5-3-4-10(8-11)9-14(24)25)22-23(15)17-20-12-6-1-2-7-13(12)26-17;16-8-1-6-12-11(7-8)20-15(26-12)23-13(17)21-14(22-23)19-9-2-4-10(5-3-9)27(18,24)25/h1-12H,(H2,23,29,30)(H3,22,24,26,27);4-10,12,21H,2-3,11H2,1H3,(H3,20,22,24,25);1-8H,9H2,(H,24,25)(H3,18,19,21,22);1-7H,(H2,18,24,25)(H3,17,19,21,22). The minimum absolute atomic E-state index is 0.00670. The van der Waals surface area contributed by atoms with E-state index < -0.39 is 36.0 Å². The largest absolute Gasteiger partial charge is 0.481 e. The fourth-order valence-electron chi connectivity index (χ4n) is 10.7. The summed E-state index contributed by atoms with van der Waals surface area (Å²) >= 11 is 5.61. The Hall–Kier alpha value is -13.6. The molecule has 0 aliphatic heterocycles. The van der Waals surface area contributed by atoms with Gasteiger partial charge in [0.1, 0.15) is 17.3 Å². The number of anilines is 12. The molecule has 8 heterocycles. The monoisotopic (exact) mass is 1690 g/mol. The highest BCUT2D eigenvalue weighted by molar-refractivity contribution is 7.89. The molecule has 44 heteroatoms. The van der Waals surface area contributed by atoms with E-state index in [1.54, 1.807) is 60.7 Å². The molecule has 18 N–H and O–H groups in total. The maximum absolute atomic E-state index is 13.3. The number of benzene rings is 9. The maximum atomic E-state index is 13.3. The summed E-state index contributed by atoms with van der Waals surface area (Å²) in [5, 5.41) is 50.6. The fraction of sp³-hybridized carbons (Fsp3) is 0.0694. The molecule has 590 valence electrons. The Bertz CT molecular complexity index is 6730. The molecule has 0 unspecified atom stereocenters. The highest BCUT2D eigenvalue weighted by atomic mass is 32.2. The summed E-state index contributed by atoms with van der Waals surface area (Å²) < 4.78 is 102. The lowest BCUT2D eigenvalue weighted by Crippen LogP contribution is -2.24. The van der Waals surface area contributed by atoms with E-state index in [9.17, 15) is 34.4 Å². The van der Waals surface area contributed by atoms with Crippen molar-refractivity contribution in [3.05, 3.63) is 224 Å². The molecule has 17 rings (SSSR count). The van der Waals surface area contributed by atoms with Crippen LogP contribution >= 0.6 is 45.3 Å². The van der Waals surface area contributed by atoms with Crippen LogP contribution in [0.2, 0.25) is 0 Å². The molecule has 0 bridgehead atoms. The summed E-state index contributed by atoms with van der Waals surface area (Å²) in [7, 11) is -11.1. The van der Waals surface area contributed by atoms with E-state index in [2.05, 4.69) is 86.3 Å². The van der Waals surface area contributed by atoms with Gasteiger partial charge in [0, 0.05) is 41.4 Å². The number of rotatable bonds is 23. The molecule has 0 aliphatic rings. The quantitative estimate of drug-likeness (QED) is 0.0265. The number of carboxylic acid groups (broad SMARTS) is 1. The van der Waals surface area contributed by atoms with Crippen LogP contribution in [-0.2, 0) is 41.3 Å². The van der Waals surface area contributed by atoms with E-state index in [1.807, 2.05) is 104 Å². The molecule has 0 saturated heterocycles. The Morgan fingerprint density at radius 3 is 1.31 bits per heavy atom. The maximum Gasteiger partial charge on any atom is 0.307 e. The van der Waals surface area contributed by atoms with Crippen LogP contribution in [0.15, 0.2) is 227 Å². The van der Waals surface area contributed by atoms with Gasteiger partial charge in [0.15, 0.2) is 0 Å². The minimum atomic E-state index is -3.76. The van der Waals surface area contributed by atoms with Crippen molar-refractivity contribution in [3.8, 4) is 32.0 Å². The summed E-state index contributed by atoms with van der Waals surface area (Å²) in [6.07, 6.45) is 1.64. The molecule has 17 aromatic rings. The lowest BCUT2D eigenvalue weighted by molar-refractivity contribution is -0.136. The van der Waals surface area contributed by atoms with Gasteiger partial charge >= 0.3 is 5.97 Å². The number of nitrogens with one attached hydrogen (secondary N) is 5. The lowest BCUT2D eigenvalue weighted by atomic mass is 10.1. The van der Waals surface area contributed by atoms with Gasteiger partial charge in [0.2, 0.25) is 98.2 Å². The minimum Gasteiger partial charge on any atom is -0.481 e. The number of thiazole rings is 4. The third kappa shape index (κ3) is 19.4. The van der Waals surface area contributed by atoms with Gasteiger partial charge in [-0.15, -0.1) is 20.4 Å². The number of hydrogen-bond acceptors (Lipinski definition) is 32. The summed E-state index contributed by atoms with van der Waals surface area (Å²) in [6, 6.07) is 60.2. The molecule has 9 aromatic carbocycles. The first kappa shape index (κ1) is 79.1. The average Bonchev–Trinajstić information content (AvgIpc) is 1.65. The molecule has 8 aromatic heterocycles. The molecule has 0 radical (unpaired) electrons. The van der Waals surface area contributed by atoms with Crippen molar-refractivity contribution in [3.63, 3.8) is 0 Å². The number of sulfonamides is 3. The van der Waals surface area contributed by atoms with Crippen molar-refractivity contribution in [2.24, 2.45) is 10.3 Å². The predicted molar refractivity (Wildman–Crippen MR) is 445 cm³/mol. The number of fused-ring (bicyclic) bond motifs is 4. The van der Waals surface area contributed by atoms with Crippen LogP contribution in [0.5, 0.6) is 11.5 Å². The van der Waals surface area contributed by atoms with Gasteiger partial charge in [0.05, 0.1) is 62.0 Å². The average molecular weight is 1690 g/mol. The van der Waals surface area contributed by atoms with E-state index in [-0.39, 0.29) is 68.6 Å². The van der Waals surface area contributed by atoms with Crippen molar-refractivity contribution < 1.29 is 44.3 Å². The number of carbonyl (C=O) groups is 1. The lowest BCUT2D eigenvalue weighted by Gasteiger charge is -2.08. The summed E-state index contributed by atoms with van der Waals surface area (Å²) in [4.78, 5) is 45.7. The number of nitrogen functional groups attached to an aromatic ring is 4. The number of halogens is 1. The normalized spacial score (nSPS) is 11.5.